The number of amides is 1. The minimum absolute atomic E-state index is 0.0968. The fourth-order valence-electron chi connectivity index (χ4n) is 2.66. The van der Waals surface area contributed by atoms with Crippen molar-refractivity contribution in [2.75, 3.05) is 13.7 Å². The lowest BCUT2D eigenvalue weighted by molar-refractivity contribution is -0.134. The summed E-state index contributed by atoms with van der Waals surface area (Å²) in [6.07, 6.45) is 5.04. The van der Waals surface area contributed by atoms with Crippen LogP contribution in [0.5, 0.6) is 11.5 Å². The molecular weight excluding hydrogens is 344 g/mol. The van der Waals surface area contributed by atoms with Crippen molar-refractivity contribution >= 4 is 5.91 Å². The number of hydrogen-bond acceptors (Lipinski definition) is 5. The Hall–Kier alpha value is -3.28. The summed E-state index contributed by atoms with van der Waals surface area (Å²) in [6.45, 7) is 2.65. The largest absolute Gasteiger partial charge is 0.493 e. The van der Waals surface area contributed by atoms with Gasteiger partial charge in [-0.3, -0.25) is 9.78 Å². The number of aromatic nitrogens is 1. The Bertz CT molecular complexity index is 863. The number of carbonyl (C=O) groups is 1. The standard InChI is InChI=1S/C21H22N2O4/c1-16-7-8-19(20(11-16)25-2)27-15-21(24)23(14-18-6-4-10-26-18)13-17-5-3-9-22-12-17/h3-12H,13-15H2,1-2H3. The normalized spacial score (nSPS) is 10.4. The van der Waals surface area contributed by atoms with Gasteiger partial charge in [-0.1, -0.05) is 12.1 Å². The molecule has 1 aromatic carbocycles. The number of ether oxygens (including phenoxy) is 2. The van der Waals surface area contributed by atoms with Crippen molar-refractivity contribution in [3.8, 4) is 11.5 Å². The average Bonchev–Trinajstić information content (AvgIpc) is 3.20. The van der Waals surface area contributed by atoms with E-state index in [4.69, 9.17) is 13.9 Å². The Kier molecular flexibility index (Phi) is 6.10. The quantitative estimate of drug-likeness (QED) is 0.609. The zero-order valence-electron chi connectivity index (χ0n) is 15.4. The third-order valence-corrected chi connectivity index (χ3v) is 4.05. The van der Waals surface area contributed by atoms with E-state index in [1.807, 2.05) is 37.3 Å². The summed E-state index contributed by atoms with van der Waals surface area (Å²) >= 11 is 0. The van der Waals surface area contributed by atoms with E-state index in [2.05, 4.69) is 4.98 Å². The maximum absolute atomic E-state index is 12.8. The van der Waals surface area contributed by atoms with Crippen molar-refractivity contribution in [1.29, 1.82) is 0 Å². The summed E-state index contributed by atoms with van der Waals surface area (Å²) in [5.41, 5.74) is 1.99. The van der Waals surface area contributed by atoms with Crippen molar-refractivity contribution in [1.82, 2.24) is 9.88 Å². The van der Waals surface area contributed by atoms with Crippen LogP contribution in [0.4, 0.5) is 0 Å². The van der Waals surface area contributed by atoms with Gasteiger partial charge in [-0.2, -0.15) is 0 Å². The van der Waals surface area contributed by atoms with Crippen LogP contribution < -0.4 is 9.47 Å². The first kappa shape index (κ1) is 18.5. The van der Waals surface area contributed by atoms with Crippen molar-refractivity contribution in [3.05, 3.63) is 78.0 Å². The van der Waals surface area contributed by atoms with Gasteiger partial charge in [0.25, 0.3) is 5.91 Å². The van der Waals surface area contributed by atoms with Crippen LogP contribution in [-0.4, -0.2) is 29.5 Å². The molecule has 0 atom stereocenters. The molecule has 0 N–H and O–H groups in total. The second-order valence-electron chi connectivity index (χ2n) is 6.13. The first-order chi connectivity index (χ1) is 13.2. The summed E-state index contributed by atoms with van der Waals surface area (Å²) in [6, 6.07) is 13.0. The van der Waals surface area contributed by atoms with Gasteiger partial charge >= 0.3 is 0 Å². The van der Waals surface area contributed by atoms with Crippen LogP contribution >= 0.6 is 0 Å². The molecule has 140 valence electrons. The number of methoxy groups -OCH3 is 1. The van der Waals surface area contributed by atoms with Crippen LogP contribution in [0.2, 0.25) is 0 Å². The number of hydrogen-bond donors (Lipinski definition) is 0. The molecule has 0 saturated carbocycles. The number of pyridine rings is 1. The fourth-order valence-corrected chi connectivity index (χ4v) is 2.66. The first-order valence-corrected chi connectivity index (χ1v) is 8.62. The monoisotopic (exact) mass is 366 g/mol. The Morgan fingerprint density at radius 1 is 1.15 bits per heavy atom. The zero-order valence-corrected chi connectivity index (χ0v) is 15.4. The summed E-state index contributed by atoms with van der Waals surface area (Å²) in [4.78, 5) is 18.6. The molecule has 0 bridgehead atoms. The molecule has 27 heavy (non-hydrogen) atoms. The van der Waals surface area contributed by atoms with Crippen molar-refractivity contribution in [2.45, 2.75) is 20.0 Å². The molecule has 0 aliphatic carbocycles. The summed E-state index contributed by atoms with van der Waals surface area (Å²) in [5, 5.41) is 0. The smallest absolute Gasteiger partial charge is 0.261 e. The maximum atomic E-state index is 12.8. The number of aryl methyl sites for hydroxylation is 1. The minimum atomic E-state index is -0.155. The molecule has 1 amide bonds. The van der Waals surface area contributed by atoms with Gasteiger partial charge in [0.1, 0.15) is 5.76 Å². The third-order valence-electron chi connectivity index (χ3n) is 4.05. The van der Waals surface area contributed by atoms with E-state index in [9.17, 15) is 4.79 Å². The molecule has 0 spiro atoms. The molecule has 2 heterocycles. The molecule has 0 aliphatic heterocycles. The van der Waals surface area contributed by atoms with Gasteiger partial charge in [0.2, 0.25) is 0 Å². The second-order valence-corrected chi connectivity index (χ2v) is 6.13. The highest BCUT2D eigenvalue weighted by Gasteiger charge is 2.18. The van der Waals surface area contributed by atoms with Gasteiger partial charge in [-0.05, 0) is 48.4 Å². The van der Waals surface area contributed by atoms with Crippen LogP contribution in [0.1, 0.15) is 16.9 Å². The van der Waals surface area contributed by atoms with Crippen LogP contribution in [-0.2, 0) is 17.9 Å². The Morgan fingerprint density at radius 3 is 2.74 bits per heavy atom. The maximum Gasteiger partial charge on any atom is 0.261 e. The Morgan fingerprint density at radius 2 is 2.04 bits per heavy atom. The zero-order chi connectivity index (χ0) is 19.1. The van der Waals surface area contributed by atoms with Crippen LogP contribution in [0.15, 0.2) is 65.5 Å². The number of rotatable bonds is 8. The molecule has 6 nitrogen and oxygen atoms in total. The fraction of sp³-hybridized carbons (Fsp3) is 0.238. The second kappa shape index (κ2) is 8.89. The molecule has 0 radical (unpaired) electrons. The van der Waals surface area contributed by atoms with E-state index in [1.54, 1.807) is 42.8 Å². The Labute approximate surface area is 158 Å². The topological polar surface area (TPSA) is 64.8 Å². The van der Waals surface area contributed by atoms with Crippen LogP contribution in [0.25, 0.3) is 0 Å². The predicted molar refractivity (Wildman–Crippen MR) is 100 cm³/mol. The van der Waals surface area contributed by atoms with E-state index < -0.39 is 0 Å². The lowest BCUT2D eigenvalue weighted by Gasteiger charge is -2.22. The molecule has 6 heteroatoms. The number of benzene rings is 1. The number of furan rings is 1. The molecule has 0 aliphatic rings. The lowest BCUT2D eigenvalue weighted by atomic mass is 10.2. The summed E-state index contributed by atoms with van der Waals surface area (Å²) in [5.74, 6) is 1.70. The van der Waals surface area contributed by atoms with Crippen molar-refractivity contribution < 1.29 is 18.7 Å². The molecular formula is C21H22N2O4. The van der Waals surface area contributed by atoms with Gasteiger partial charge in [0, 0.05) is 18.9 Å². The van der Waals surface area contributed by atoms with Gasteiger partial charge in [0.05, 0.1) is 19.9 Å². The molecule has 0 unspecified atom stereocenters. The first-order valence-electron chi connectivity index (χ1n) is 8.62. The van der Waals surface area contributed by atoms with E-state index >= 15 is 0 Å². The summed E-state index contributed by atoms with van der Waals surface area (Å²) in [7, 11) is 1.58. The molecule has 3 rings (SSSR count). The Balaban J connectivity index is 1.70. The van der Waals surface area contributed by atoms with Gasteiger partial charge < -0.3 is 18.8 Å². The SMILES string of the molecule is COc1cc(C)ccc1OCC(=O)N(Cc1cccnc1)Cc1ccco1. The van der Waals surface area contributed by atoms with Crippen LogP contribution in [0, 0.1) is 6.92 Å². The molecule has 0 fully saturated rings. The van der Waals surface area contributed by atoms with Crippen LogP contribution in [0.3, 0.4) is 0 Å². The number of nitrogens with zero attached hydrogens (tertiary/aromatic N) is 2. The predicted octanol–water partition coefficient (Wildman–Crippen LogP) is 3.60. The molecule has 0 saturated heterocycles. The molecule has 3 aromatic rings. The van der Waals surface area contributed by atoms with Crippen molar-refractivity contribution in [3.63, 3.8) is 0 Å². The summed E-state index contributed by atoms with van der Waals surface area (Å²) < 4.78 is 16.4. The van der Waals surface area contributed by atoms with E-state index in [1.165, 1.54) is 0 Å². The highest BCUT2D eigenvalue weighted by Crippen LogP contribution is 2.27. The number of carbonyl (C=O) groups excluding carboxylic acids is 1. The van der Waals surface area contributed by atoms with Gasteiger partial charge in [-0.15, -0.1) is 0 Å². The van der Waals surface area contributed by atoms with Crippen molar-refractivity contribution in [2.24, 2.45) is 0 Å². The van der Waals surface area contributed by atoms with E-state index in [0.717, 1.165) is 11.1 Å². The average molecular weight is 366 g/mol. The minimum Gasteiger partial charge on any atom is -0.493 e. The highest BCUT2D eigenvalue weighted by atomic mass is 16.5. The van der Waals surface area contributed by atoms with E-state index in [0.29, 0.717) is 30.3 Å². The van der Waals surface area contributed by atoms with Gasteiger partial charge in [0.15, 0.2) is 18.1 Å². The third kappa shape index (κ3) is 5.10. The lowest BCUT2D eigenvalue weighted by Crippen LogP contribution is -2.34. The van der Waals surface area contributed by atoms with Gasteiger partial charge in [-0.25, -0.2) is 0 Å². The van der Waals surface area contributed by atoms with E-state index in [-0.39, 0.29) is 12.5 Å². The molecule has 2 aromatic heterocycles. The highest BCUT2D eigenvalue weighted by molar-refractivity contribution is 5.77.